The van der Waals surface area contributed by atoms with Gasteiger partial charge in [-0.3, -0.25) is 30.3 Å². The van der Waals surface area contributed by atoms with Gasteiger partial charge < -0.3 is 14.5 Å². The minimum atomic E-state index is -0.916. The zero-order valence-electron chi connectivity index (χ0n) is 16.3. The molecular weight excluding hydrogens is 414 g/mol. The number of hydrogen-bond donors (Lipinski definition) is 0. The molecule has 0 saturated carbocycles. The molecule has 0 radical (unpaired) electrons. The maximum atomic E-state index is 11.8. The lowest BCUT2D eigenvalue weighted by Gasteiger charge is -2.36. The van der Waals surface area contributed by atoms with Crippen molar-refractivity contribution in [2.24, 2.45) is 0 Å². The fourth-order valence-corrected chi connectivity index (χ4v) is 3.42. The Morgan fingerprint density at radius 1 is 0.839 bits per heavy atom. The number of anilines is 2. The molecular formula is C18H17N5O8. The Bertz CT molecular complexity index is 1010. The number of non-ortho nitro benzene ring substituents is 1. The van der Waals surface area contributed by atoms with Gasteiger partial charge in [0.1, 0.15) is 0 Å². The number of rotatable bonds is 6. The van der Waals surface area contributed by atoms with Gasteiger partial charge in [0.15, 0.2) is 5.69 Å². The molecule has 0 amide bonds. The van der Waals surface area contributed by atoms with Crippen molar-refractivity contribution in [1.82, 2.24) is 0 Å². The summed E-state index contributed by atoms with van der Waals surface area (Å²) in [5.74, 6) is -0.916. The molecule has 31 heavy (non-hydrogen) atoms. The number of piperazine rings is 1. The van der Waals surface area contributed by atoms with E-state index in [1.165, 1.54) is 17.0 Å². The standard InChI is InChI=1S/C18H17N5O8/c1-31-18(24)12-10-15(22(27)28)17(16(11-12)23(29)30)20-8-6-19(7-9-20)13-2-4-14(5-3-13)21(25)26/h2-5,10-11H,6-9H2,1H3. The molecule has 0 spiro atoms. The van der Waals surface area contributed by atoms with Crippen molar-refractivity contribution < 1.29 is 24.3 Å². The summed E-state index contributed by atoms with van der Waals surface area (Å²) in [5.41, 5.74) is -0.883. The normalized spacial score (nSPS) is 13.6. The van der Waals surface area contributed by atoms with Crippen LogP contribution in [0.4, 0.5) is 28.4 Å². The largest absolute Gasteiger partial charge is 0.465 e. The van der Waals surface area contributed by atoms with Gasteiger partial charge in [-0.1, -0.05) is 0 Å². The first kappa shape index (κ1) is 21.4. The summed E-state index contributed by atoms with van der Waals surface area (Å²) in [5, 5.41) is 34.0. The van der Waals surface area contributed by atoms with E-state index in [0.29, 0.717) is 13.1 Å². The topological polar surface area (TPSA) is 162 Å². The first-order valence-electron chi connectivity index (χ1n) is 9.02. The number of methoxy groups -OCH3 is 1. The van der Waals surface area contributed by atoms with Gasteiger partial charge in [-0.25, -0.2) is 4.79 Å². The van der Waals surface area contributed by atoms with Crippen LogP contribution in [0.5, 0.6) is 0 Å². The quantitative estimate of drug-likeness (QED) is 0.377. The number of carbonyl (C=O) groups excluding carboxylic acids is 1. The predicted octanol–water partition coefficient (Wildman–Crippen LogP) is 2.52. The van der Waals surface area contributed by atoms with E-state index in [2.05, 4.69) is 4.74 Å². The third-order valence-corrected chi connectivity index (χ3v) is 4.91. The van der Waals surface area contributed by atoms with Crippen LogP contribution in [0.3, 0.4) is 0 Å². The molecule has 13 nitrogen and oxygen atoms in total. The molecule has 2 aromatic rings. The van der Waals surface area contributed by atoms with Crippen LogP contribution in [0.1, 0.15) is 10.4 Å². The Hall–Kier alpha value is -4.29. The molecule has 3 rings (SSSR count). The van der Waals surface area contributed by atoms with Crippen LogP contribution < -0.4 is 9.80 Å². The monoisotopic (exact) mass is 431 g/mol. The third-order valence-electron chi connectivity index (χ3n) is 4.91. The summed E-state index contributed by atoms with van der Waals surface area (Å²) in [6.07, 6.45) is 0. The van der Waals surface area contributed by atoms with E-state index in [9.17, 15) is 35.1 Å². The van der Waals surface area contributed by atoms with E-state index in [-0.39, 0.29) is 30.0 Å². The van der Waals surface area contributed by atoms with E-state index in [0.717, 1.165) is 24.9 Å². The van der Waals surface area contributed by atoms with E-state index >= 15 is 0 Å². The second-order valence-corrected chi connectivity index (χ2v) is 6.62. The van der Waals surface area contributed by atoms with Crippen LogP contribution in [0.25, 0.3) is 0 Å². The van der Waals surface area contributed by atoms with Crippen LogP contribution in [-0.2, 0) is 4.74 Å². The lowest BCUT2D eigenvalue weighted by Crippen LogP contribution is -2.47. The van der Waals surface area contributed by atoms with E-state index in [4.69, 9.17) is 0 Å². The van der Waals surface area contributed by atoms with Crippen LogP contribution >= 0.6 is 0 Å². The number of hydrogen-bond acceptors (Lipinski definition) is 10. The fourth-order valence-electron chi connectivity index (χ4n) is 3.42. The fraction of sp³-hybridized carbons (Fsp3) is 0.278. The number of esters is 1. The molecule has 1 saturated heterocycles. The lowest BCUT2D eigenvalue weighted by molar-refractivity contribution is -0.392. The molecule has 0 aliphatic carbocycles. The highest BCUT2D eigenvalue weighted by molar-refractivity contribution is 5.94. The van der Waals surface area contributed by atoms with Gasteiger partial charge in [-0.15, -0.1) is 0 Å². The molecule has 0 N–H and O–H groups in total. The van der Waals surface area contributed by atoms with Gasteiger partial charge in [-0.05, 0) is 12.1 Å². The molecule has 0 atom stereocenters. The van der Waals surface area contributed by atoms with Crippen molar-refractivity contribution in [1.29, 1.82) is 0 Å². The van der Waals surface area contributed by atoms with Gasteiger partial charge in [-0.2, -0.15) is 0 Å². The number of carbonyl (C=O) groups is 1. The van der Waals surface area contributed by atoms with Gasteiger partial charge in [0.05, 0.1) is 27.4 Å². The number of benzene rings is 2. The van der Waals surface area contributed by atoms with Gasteiger partial charge in [0.25, 0.3) is 5.69 Å². The van der Waals surface area contributed by atoms with E-state index in [1.807, 2.05) is 4.90 Å². The molecule has 1 heterocycles. The molecule has 1 fully saturated rings. The Balaban J connectivity index is 1.89. The average Bonchev–Trinajstić information content (AvgIpc) is 2.77. The van der Waals surface area contributed by atoms with Crippen LogP contribution in [0, 0.1) is 30.3 Å². The molecule has 162 valence electrons. The predicted molar refractivity (Wildman–Crippen MR) is 109 cm³/mol. The summed E-state index contributed by atoms with van der Waals surface area (Å²) in [7, 11) is 1.07. The molecule has 2 aromatic carbocycles. The summed E-state index contributed by atoms with van der Waals surface area (Å²) in [4.78, 5) is 47.2. The number of ether oxygens (including phenoxy) is 1. The zero-order valence-corrected chi connectivity index (χ0v) is 16.3. The first-order valence-corrected chi connectivity index (χ1v) is 9.02. The Labute approximate surface area is 174 Å². The number of nitro groups is 3. The summed E-state index contributed by atoms with van der Waals surface area (Å²) in [6.45, 7) is 1.22. The van der Waals surface area contributed by atoms with Crippen molar-refractivity contribution in [3.63, 3.8) is 0 Å². The Kier molecular flexibility index (Phi) is 5.95. The van der Waals surface area contributed by atoms with Crippen LogP contribution in [0.15, 0.2) is 36.4 Å². The molecule has 13 heteroatoms. The van der Waals surface area contributed by atoms with Crippen molar-refractivity contribution in [2.45, 2.75) is 0 Å². The van der Waals surface area contributed by atoms with Gasteiger partial charge in [0.2, 0.25) is 0 Å². The van der Waals surface area contributed by atoms with Crippen molar-refractivity contribution in [3.8, 4) is 0 Å². The number of nitro benzene ring substituents is 3. The van der Waals surface area contributed by atoms with Crippen LogP contribution in [0.2, 0.25) is 0 Å². The minimum Gasteiger partial charge on any atom is -0.465 e. The smallest absolute Gasteiger partial charge is 0.338 e. The molecule has 1 aliphatic rings. The molecule has 0 unspecified atom stereocenters. The SMILES string of the molecule is COC(=O)c1cc([N+](=O)[O-])c(N2CCN(c3ccc([N+](=O)[O-])cc3)CC2)c([N+](=O)[O-])c1. The minimum absolute atomic E-state index is 0.0423. The van der Waals surface area contributed by atoms with E-state index < -0.39 is 32.1 Å². The molecule has 1 aliphatic heterocycles. The summed E-state index contributed by atoms with van der Waals surface area (Å²) < 4.78 is 4.53. The first-order chi connectivity index (χ1) is 14.7. The summed E-state index contributed by atoms with van der Waals surface area (Å²) in [6, 6.07) is 7.90. The number of nitrogens with zero attached hydrogens (tertiary/aromatic N) is 5. The van der Waals surface area contributed by atoms with Crippen molar-refractivity contribution in [2.75, 3.05) is 43.1 Å². The molecule has 0 aromatic heterocycles. The van der Waals surface area contributed by atoms with Gasteiger partial charge in [0, 0.05) is 56.1 Å². The highest BCUT2D eigenvalue weighted by atomic mass is 16.6. The van der Waals surface area contributed by atoms with Crippen molar-refractivity contribution in [3.05, 3.63) is 72.3 Å². The van der Waals surface area contributed by atoms with Crippen molar-refractivity contribution >= 4 is 34.4 Å². The third kappa shape index (κ3) is 4.34. The maximum Gasteiger partial charge on any atom is 0.338 e. The lowest BCUT2D eigenvalue weighted by atomic mass is 10.1. The maximum absolute atomic E-state index is 11.8. The summed E-state index contributed by atoms with van der Waals surface area (Å²) >= 11 is 0. The zero-order chi connectivity index (χ0) is 22.7. The van der Waals surface area contributed by atoms with Gasteiger partial charge >= 0.3 is 17.3 Å². The van der Waals surface area contributed by atoms with Crippen LogP contribution in [-0.4, -0.2) is 54.0 Å². The second kappa shape index (κ2) is 8.61. The second-order valence-electron chi connectivity index (χ2n) is 6.62. The Morgan fingerprint density at radius 2 is 1.32 bits per heavy atom. The molecule has 0 bridgehead atoms. The average molecular weight is 431 g/mol. The van der Waals surface area contributed by atoms with E-state index in [1.54, 1.807) is 12.1 Å². The Morgan fingerprint density at radius 3 is 1.74 bits per heavy atom. The highest BCUT2D eigenvalue weighted by Gasteiger charge is 2.34. The highest BCUT2D eigenvalue weighted by Crippen LogP contribution is 2.39.